The average Bonchev–Trinajstić information content (AvgIpc) is 2.68. The lowest BCUT2D eigenvalue weighted by atomic mass is 9.89. The van der Waals surface area contributed by atoms with Crippen molar-refractivity contribution in [3.8, 4) is 6.07 Å². The van der Waals surface area contributed by atoms with Crippen molar-refractivity contribution in [1.29, 1.82) is 5.26 Å². The molecule has 6 heteroatoms. The Kier molecular flexibility index (Phi) is 6.44. The molecule has 2 atom stereocenters. The molecule has 6 nitrogen and oxygen atoms in total. The van der Waals surface area contributed by atoms with E-state index in [-0.39, 0.29) is 6.10 Å². The summed E-state index contributed by atoms with van der Waals surface area (Å²) in [7, 11) is 0. The van der Waals surface area contributed by atoms with Gasteiger partial charge in [-0.2, -0.15) is 10.4 Å². The summed E-state index contributed by atoms with van der Waals surface area (Å²) in [5.74, 6) is 0.637. The molecule has 1 aromatic heterocycles. The van der Waals surface area contributed by atoms with Crippen LogP contribution in [0.1, 0.15) is 69.2 Å². The van der Waals surface area contributed by atoms with Crippen LogP contribution >= 0.6 is 0 Å². The highest BCUT2D eigenvalue weighted by molar-refractivity contribution is 5.57. The molecule has 1 saturated heterocycles. The number of nitrogens with zero attached hydrogens (tertiary/aromatic N) is 4. The molecule has 2 unspecified atom stereocenters. The van der Waals surface area contributed by atoms with Gasteiger partial charge in [0.05, 0.1) is 11.8 Å². The molecule has 1 aliphatic heterocycles. The fraction of sp³-hybridized carbons (Fsp3) is 0.750. The second-order valence-electron chi connectivity index (χ2n) is 7.54. The van der Waals surface area contributed by atoms with E-state index in [9.17, 15) is 10.4 Å². The molecule has 0 bridgehead atoms. The molecule has 1 saturated carbocycles. The molecule has 142 valence electrons. The molecule has 0 spiro atoms. The van der Waals surface area contributed by atoms with Crippen molar-refractivity contribution in [2.75, 3.05) is 18.4 Å². The SMILES string of the molecule is CCc1nnc(NC2CCN(C3CCCCC3O)CC2)c(C#N)c1CC. The van der Waals surface area contributed by atoms with Crippen LogP contribution in [0.4, 0.5) is 5.82 Å². The van der Waals surface area contributed by atoms with E-state index in [0.717, 1.165) is 69.3 Å². The lowest BCUT2D eigenvalue weighted by molar-refractivity contribution is 0.00992. The highest BCUT2D eigenvalue weighted by Gasteiger charge is 2.31. The molecule has 2 N–H and O–H groups in total. The number of rotatable bonds is 5. The van der Waals surface area contributed by atoms with Crippen LogP contribution in [-0.2, 0) is 12.8 Å². The minimum Gasteiger partial charge on any atom is -0.391 e. The molecular weight excluding hydrogens is 326 g/mol. The number of anilines is 1. The second kappa shape index (κ2) is 8.79. The monoisotopic (exact) mass is 357 g/mol. The summed E-state index contributed by atoms with van der Waals surface area (Å²) in [5, 5.41) is 32.0. The smallest absolute Gasteiger partial charge is 0.167 e. The van der Waals surface area contributed by atoms with Gasteiger partial charge in [0, 0.05) is 25.2 Å². The number of aryl methyl sites for hydroxylation is 1. The number of nitrogens with one attached hydrogen (secondary N) is 1. The maximum Gasteiger partial charge on any atom is 0.167 e. The van der Waals surface area contributed by atoms with Crippen molar-refractivity contribution >= 4 is 5.82 Å². The van der Waals surface area contributed by atoms with E-state index < -0.39 is 0 Å². The summed E-state index contributed by atoms with van der Waals surface area (Å²) >= 11 is 0. The minimum absolute atomic E-state index is 0.169. The van der Waals surface area contributed by atoms with Gasteiger partial charge in [0.25, 0.3) is 0 Å². The molecule has 2 aliphatic rings. The van der Waals surface area contributed by atoms with Gasteiger partial charge in [0.2, 0.25) is 0 Å². The highest BCUT2D eigenvalue weighted by atomic mass is 16.3. The Hall–Kier alpha value is -1.71. The van der Waals surface area contributed by atoms with E-state index in [1.165, 1.54) is 6.42 Å². The van der Waals surface area contributed by atoms with E-state index in [1.807, 2.05) is 6.92 Å². The van der Waals surface area contributed by atoms with E-state index >= 15 is 0 Å². The predicted octanol–water partition coefficient (Wildman–Crippen LogP) is 2.65. The highest BCUT2D eigenvalue weighted by Crippen LogP contribution is 2.27. The number of hydrogen-bond acceptors (Lipinski definition) is 6. The Balaban J connectivity index is 1.64. The molecular formula is C20H31N5O. The quantitative estimate of drug-likeness (QED) is 0.843. The molecule has 26 heavy (non-hydrogen) atoms. The Morgan fingerprint density at radius 1 is 1.12 bits per heavy atom. The van der Waals surface area contributed by atoms with E-state index in [1.54, 1.807) is 0 Å². The molecule has 2 heterocycles. The van der Waals surface area contributed by atoms with Crippen molar-refractivity contribution < 1.29 is 5.11 Å². The first kappa shape index (κ1) is 19.1. The molecule has 3 rings (SSSR count). The van der Waals surface area contributed by atoms with Gasteiger partial charge < -0.3 is 10.4 Å². The molecule has 2 fully saturated rings. The second-order valence-corrected chi connectivity index (χ2v) is 7.54. The van der Waals surface area contributed by atoms with Crippen molar-refractivity contribution in [3.05, 3.63) is 16.8 Å². The van der Waals surface area contributed by atoms with Crippen LogP contribution in [0.25, 0.3) is 0 Å². The first-order chi connectivity index (χ1) is 12.7. The van der Waals surface area contributed by atoms with Gasteiger partial charge in [0.15, 0.2) is 5.82 Å². The van der Waals surface area contributed by atoms with Gasteiger partial charge in [-0.1, -0.05) is 26.7 Å². The van der Waals surface area contributed by atoms with Crippen molar-refractivity contribution in [2.24, 2.45) is 0 Å². The number of aromatic nitrogens is 2. The zero-order valence-electron chi connectivity index (χ0n) is 16.0. The number of aliphatic hydroxyl groups excluding tert-OH is 1. The summed E-state index contributed by atoms with van der Waals surface area (Å²) in [6.45, 7) is 6.09. The molecule has 0 amide bonds. The maximum absolute atomic E-state index is 10.3. The van der Waals surface area contributed by atoms with Crippen LogP contribution in [0.5, 0.6) is 0 Å². The summed E-state index contributed by atoms with van der Waals surface area (Å²) < 4.78 is 0. The van der Waals surface area contributed by atoms with Gasteiger partial charge >= 0.3 is 0 Å². The Labute approximate surface area is 156 Å². The largest absolute Gasteiger partial charge is 0.391 e. The fourth-order valence-corrected chi connectivity index (χ4v) is 4.48. The third-order valence-corrected chi connectivity index (χ3v) is 5.99. The van der Waals surface area contributed by atoms with Crippen LogP contribution in [0.2, 0.25) is 0 Å². The third kappa shape index (κ3) is 3.99. The van der Waals surface area contributed by atoms with Gasteiger partial charge in [-0.3, -0.25) is 4.90 Å². The number of piperidine rings is 1. The predicted molar refractivity (Wildman–Crippen MR) is 102 cm³/mol. The van der Waals surface area contributed by atoms with Gasteiger partial charge in [0.1, 0.15) is 11.6 Å². The van der Waals surface area contributed by atoms with Crippen LogP contribution in [0.15, 0.2) is 0 Å². The number of aliphatic hydroxyl groups is 1. The minimum atomic E-state index is -0.169. The van der Waals surface area contributed by atoms with Crippen molar-refractivity contribution in [1.82, 2.24) is 15.1 Å². The van der Waals surface area contributed by atoms with Gasteiger partial charge in [-0.25, -0.2) is 0 Å². The average molecular weight is 358 g/mol. The Morgan fingerprint density at radius 3 is 2.46 bits per heavy atom. The first-order valence-electron chi connectivity index (χ1n) is 10.1. The normalized spacial score (nSPS) is 25.0. The maximum atomic E-state index is 10.3. The van der Waals surface area contributed by atoms with Crippen LogP contribution in [0, 0.1) is 11.3 Å². The van der Waals surface area contributed by atoms with E-state index in [4.69, 9.17) is 0 Å². The number of hydrogen-bond donors (Lipinski definition) is 2. The van der Waals surface area contributed by atoms with Gasteiger partial charge in [-0.05, 0) is 44.1 Å². The Morgan fingerprint density at radius 2 is 1.85 bits per heavy atom. The van der Waals surface area contributed by atoms with Crippen LogP contribution < -0.4 is 5.32 Å². The molecule has 1 aliphatic carbocycles. The molecule has 1 aromatic rings. The topological polar surface area (TPSA) is 85.1 Å². The summed E-state index contributed by atoms with van der Waals surface area (Å²) in [4.78, 5) is 2.45. The van der Waals surface area contributed by atoms with Crippen LogP contribution in [-0.4, -0.2) is 51.5 Å². The first-order valence-corrected chi connectivity index (χ1v) is 10.1. The van der Waals surface area contributed by atoms with E-state index in [2.05, 4.69) is 33.4 Å². The summed E-state index contributed by atoms with van der Waals surface area (Å²) in [6, 6.07) is 2.98. The summed E-state index contributed by atoms with van der Waals surface area (Å²) in [6.07, 6.45) is 7.87. The van der Waals surface area contributed by atoms with Crippen molar-refractivity contribution in [2.45, 2.75) is 83.4 Å². The fourth-order valence-electron chi connectivity index (χ4n) is 4.48. The lowest BCUT2D eigenvalue weighted by Gasteiger charge is -2.41. The van der Waals surface area contributed by atoms with Crippen LogP contribution in [0.3, 0.4) is 0 Å². The number of nitriles is 1. The van der Waals surface area contributed by atoms with Crippen molar-refractivity contribution in [3.63, 3.8) is 0 Å². The standard InChI is InChI=1S/C20H31N5O/c1-3-15-16(13-21)20(24-23-17(15)4-2)22-14-9-11-25(12-10-14)18-7-5-6-8-19(18)26/h14,18-19,26H,3-12H2,1-2H3,(H,22,24). The third-order valence-electron chi connectivity index (χ3n) is 5.99. The van der Waals surface area contributed by atoms with Gasteiger partial charge in [-0.15, -0.1) is 5.10 Å². The van der Waals surface area contributed by atoms with E-state index in [0.29, 0.717) is 23.5 Å². The number of likely N-dealkylation sites (tertiary alicyclic amines) is 1. The molecule has 0 radical (unpaired) electrons. The zero-order chi connectivity index (χ0) is 18.5. The zero-order valence-corrected chi connectivity index (χ0v) is 16.0. The Bertz CT molecular complexity index is 648. The lowest BCUT2D eigenvalue weighted by Crippen LogP contribution is -2.50. The molecule has 0 aromatic carbocycles. The summed E-state index contributed by atoms with van der Waals surface area (Å²) in [5.41, 5.74) is 2.61.